The van der Waals surface area contributed by atoms with E-state index in [1.165, 1.54) is 29.9 Å². The van der Waals surface area contributed by atoms with Crippen LogP contribution in [0.5, 0.6) is 0 Å². The van der Waals surface area contributed by atoms with E-state index in [0.29, 0.717) is 5.92 Å². The highest BCUT2D eigenvalue weighted by molar-refractivity contribution is 5.58. The van der Waals surface area contributed by atoms with Crippen molar-refractivity contribution in [3.63, 3.8) is 0 Å². The fraction of sp³-hybridized carbons (Fsp3) is 0.412. The summed E-state index contributed by atoms with van der Waals surface area (Å²) < 4.78 is 2.35. The van der Waals surface area contributed by atoms with Gasteiger partial charge in [-0.3, -0.25) is 0 Å². The second kappa shape index (κ2) is 5.52. The maximum atomic E-state index is 6.05. The number of benzene rings is 1. The number of aryl methyl sites for hydroxylation is 1. The van der Waals surface area contributed by atoms with E-state index in [2.05, 4.69) is 50.5 Å². The first-order valence-electron chi connectivity index (χ1n) is 7.10. The van der Waals surface area contributed by atoms with Gasteiger partial charge in [0.05, 0.1) is 5.69 Å². The second-order valence-electron chi connectivity index (χ2n) is 5.42. The summed E-state index contributed by atoms with van der Waals surface area (Å²) >= 11 is 0. The SMILES string of the molecule is CCCC(C)c1ccc(C)n1-c1cccc(N)c1C. The van der Waals surface area contributed by atoms with Crippen LogP contribution in [0.1, 0.15) is 49.6 Å². The van der Waals surface area contributed by atoms with Gasteiger partial charge in [0, 0.05) is 17.1 Å². The molecule has 1 atom stereocenters. The summed E-state index contributed by atoms with van der Waals surface area (Å²) in [6.07, 6.45) is 2.42. The van der Waals surface area contributed by atoms with Gasteiger partial charge in [-0.1, -0.05) is 26.3 Å². The summed E-state index contributed by atoms with van der Waals surface area (Å²) in [7, 11) is 0. The number of nitrogens with two attached hydrogens (primary N) is 1. The van der Waals surface area contributed by atoms with Crippen molar-refractivity contribution in [2.45, 2.75) is 46.5 Å². The van der Waals surface area contributed by atoms with Crippen molar-refractivity contribution in [2.24, 2.45) is 0 Å². The van der Waals surface area contributed by atoms with Crippen LogP contribution in [-0.4, -0.2) is 4.57 Å². The van der Waals surface area contributed by atoms with Gasteiger partial charge in [-0.15, -0.1) is 0 Å². The monoisotopic (exact) mass is 256 g/mol. The van der Waals surface area contributed by atoms with Gasteiger partial charge in [0.1, 0.15) is 0 Å². The molecule has 0 fully saturated rings. The maximum Gasteiger partial charge on any atom is 0.0504 e. The normalized spacial score (nSPS) is 12.6. The largest absolute Gasteiger partial charge is 0.398 e. The smallest absolute Gasteiger partial charge is 0.0504 e. The summed E-state index contributed by atoms with van der Waals surface area (Å²) in [6, 6.07) is 10.6. The van der Waals surface area contributed by atoms with Crippen LogP contribution in [0, 0.1) is 13.8 Å². The lowest BCUT2D eigenvalue weighted by Crippen LogP contribution is -2.08. The Morgan fingerprint density at radius 3 is 2.58 bits per heavy atom. The third kappa shape index (κ3) is 2.53. The Kier molecular flexibility index (Phi) is 3.98. The molecule has 2 aromatic rings. The molecular formula is C17H24N2. The molecular weight excluding hydrogens is 232 g/mol. The van der Waals surface area contributed by atoms with Crippen LogP contribution >= 0.6 is 0 Å². The lowest BCUT2D eigenvalue weighted by Gasteiger charge is -2.19. The molecule has 0 spiro atoms. The summed E-state index contributed by atoms with van der Waals surface area (Å²) in [5.41, 5.74) is 11.9. The minimum Gasteiger partial charge on any atom is -0.398 e. The first-order chi connectivity index (χ1) is 9.06. The molecule has 0 aliphatic heterocycles. The Balaban J connectivity index is 2.55. The van der Waals surface area contributed by atoms with Crippen LogP contribution < -0.4 is 5.73 Å². The highest BCUT2D eigenvalue weighted by atomic mass is 15.0. The fourth-order valence-electron chi connectivity index (χ4n) is 2.74. The molecule has 2 nitrogen and oxygen atoms in total. The second-order valence-corrected chi connectivity index (χ2v) is 5.42. The van der Waals surface area contributed by atoms with E-state index >= 15 is 0 Å². The molecule has 0 radical (unpaired) electrons. The van der Waals surface area contributed by atoms with Crippen molar-refractivity contribution in [1.29, 1.82) is 0 Å². The Morgan fingerprint density at radius 2 is 1.89 bits per heavy atom. The Bertz CT molecular complexity index is 567. The number of hydrogen-bond acceptors (Lipinski definition) is 1. The quantitative estimate of drug-likeness (QED) is 0.797. The van der Waals surface area contributed by atoms with Gasteiger partial charge in [-0.25, -0.2) is 0 Å². The van der Waals surface area contributed by atoms with Crippen LogP contribution in [0.4, 0.5) is 5.69 Å². The van der Waals surface area contributed by atoms with Crippen LogP contribution in [0.25, 0.3) is 5.69 Å². The first kappa shape index (κ1) is 13.7. The van der Waals surface area contributed by atoms with E-state index in [0.717, 1.165) is 11.3 Å². The van der Waals surface area contributed by atoms with Gasteiger partial charge in [-0.2, -0.15) is 0 Å². The number of rotatable bonds is 4. The van der Waals surface area contributed by atoms with E-state index in [4.69, 9.17) is 5.73 Å². The van der Waals surface area contributed by atoms with Gasteiger partial charge >= 0.3 is 0 Å². The zero-order valence-corrected chi connectivity index (χ0v) is 12.4. The molecule has 1 aromatic heterocycles. The molecule has 0 aliphatic carbocycles. The van der Waals surface area contributed by atoms with Crippen molar-refractivity contribution >= 4 is 5.69 Å². The molecule has 0 bridgehead atoms. The van der Waals surface area contributed by atoms with E-state index in [1.54, 1.807) is 0 Å². The summed E-state index contributed by atoms with van der Waals surface area (Å²) in [5.74, 6) is 0.569. The molecule has 2 heteroatoms. The van der Waals surface area contributed by atoms with Gasteiger partial charge in [0.2, 0.25) is 0 Å². The van der Waals surface area contributed by atoms with E-state index < -0.39 is 0 Å². The molecule has 2 rings (SSSR count). The van der Waals surface area contributed by atoms with Crippen molar-refractivity contribution < 1.29 is 0 Å². The van der Waals surface area contributed by atoms with Gasteiger partial charge in [-0.05, 0) is 56.0 Å². The molecule has 2 N–H and O–H groups in total. The van der Waals surface area contributed by atoms with E-state index in [9.17, 15) is 0 Å². The maximum absolute atomic E-state index is 6.05. The molecule has 1 aromatic carbocycles. The topological polar surface area (TPSA) is 30.9 Å². The third-order valence-electron chi connectivity index (χ3n) is 3.92. The first-order valence-corrected chi connectivity index (χ1v) is 7.10. The number of aromatic nitrogens is 1. The highest BCUT2D eigenvalue weighted by Crippen LogP contribution is 2.29. The molecule has 1 heterocycles. The van der Waals surface area contributed by atoms with Gasteiger partial charge in [0.25, 0.3) is 0 Å². The number of anilines is 1. The summed E-state index contributed by atoms with van der Waals surface area (Å²) in [5, 5.41) is 0. The fourth-order valence-corrected chi connectivity index (χ4v) is 2.74. The van der Waals surface area contributed by atoms with Crippen molar-refractivity contribution in [3.8, 4) is 5.69 Å². The van der Waals surface area contributed by atoms with Gasteiger partial charge < -0.3 is 10.3 Å². The van der Waals surface area contributed by atoms with Gasteiger partial charge in [0.15, 0.2) is 0 Å². The summed E-state index contributed by atoms with van der Waals surface area (Å²) in [6.45, 7) is 8.79. The minimum atomic E-state index is 0.569. The average Bonchev–Trinajstić information content (AvgIpc) is 2.75. The molecule has 0 saturated heterocycles. The lowest BCUT2D eigenvalue weighted by molar-refractivity contribution is 0.633. The molecule has 19 heavy (non-hydrogen) atoms. The molecule has 0 amide bonds. The number of nitrogens with zero attached hydrogens (tertiary/aromatic N) is 1. The molecule has 102 valence electrons. The lowest BCUT2D eigenvalue weighted by atomic mass is 10.0. The van der Waals surface area contributed by atoms with Crippen molar-refractivity contribution in [2.75, 3.05) is 5.73 Å². The highest BCUT2D eigenvalue weighted by Gasteiger charge is 2.15. The third-order valence-corrected chi connectivity index (χ3v) is 3.92. The molecule has 0 aliphatic rings. The Labute approximate surface area is 116 Å². The van der Waals surface area contributed by atoms with Crippen LogP contribution in [0.3, 0.4) is 0 Å². The predicted octanol–water partition coefficient (Wildman–Crippen LogP) is 4.58. The number of hydrogen-bond donors (Lipinski definition) is 1. The van der Waals surface area contributed by atoms with Crippen molar-refractivity contribution in [3.05, 3.63) is 47.3 Å². The Morgan fingerprint density at radius 1 is 1.16 bits per heavy atom. The average molecular weight is 256 g/mol. The number of nitrogen functional groups attached to an aromatic ring is 1. The predicted molar refractivity (Wildman–Crippen MR) is 83.0 cm³/mol. The zero-order chi connectivity index (χ0) is 14.0. The van der Waals surface area contributed by atoms with Crippen molar-refractivity contribution in [1.82, 2.24) is 4.57 Å². The Hall–Kier alpha value is -1.70. The van der Waals surface area contributed by atoms with Crippen LogP contribution in [0.2, 0.25) is 0 Å². The van der Waals surface area contributed by atoms with E-state index in [1.807, 2.05) is 12.1 Å². The molecule has 1 unspecified atom stereocenters. The van der Waals surface area contributed by atoms with E-state index in [-0.39, 0.29) is 0 Å². The van der Waals surface area contributed by atoms with Crippen LogP contribution in [-0.2, 0) is 0 Å². The summed E-state index contributed by atoms with van der Waals surface area (Å²) in [4.78, 5) is 0. The standard InChI is InChI=1S/C17H24N2/c1-5-7-12(2)16-11-10-13(3)19(16)17-9-6-8-15(18)14(17)4/h6,8-12H,5,7,18H2,1-4H3. The molecule has 0 saturated carbocycles. The zero-order valence-electron chi connectivity index (χ0n) is 12.4. The minimum absolute atomic E-state index is 0.569. The van der Waals surface area contributed by atoms with Crippen LogP contribution in [0.15, 0.2) is 30.3 Å².